The number of esters is 1. The summed E-state index contributed by atoms with van der Waals surface area (Å²) < 4.78 is 4.66. The zero-order valence-electron chi connectivity index (χ0n) is 15.1. The van der Waals surface area contributed by atoms with Crippen LogP contribution >= 0.6 is 11.8 Å². The van der Waals surface area contributed by atoms with E-state index in [9.17, 15) is 9.59 Å². The molecule has 2 rings (SSSR count). The van der Waals surface area contributed by atoms with Crippen LogP contribution in [0.2, 0.25) is 0 Å². The summed E-state index contributed by atoms with van der Waals surface area (Å²) in [5.74, 6) is 0.178. The molecule has 1 saturated carbocycles. The first-order valence-corrected chi connectivity index (χ1v) is 9.82. The summed E-state index contributed by atoms with van der Waals surface area (Å²) in [7, 11) is 1.32. The molecule has 136 valence electrons. The lowest BCUT2D eigenvalue weighted by Crippen LogP contribution is -2.38. The van der Waals surface area contributed by atoms with Gasteiger partial charge in [0.25, 0.3) is 0 Å². The predicted molar refractivity (Wildman–Crippen MR) is 101 cm³/mol. The molecule has 0 aliphatic heterocycles. The zero-order valence-corrected chi connectivity index (χ0v) is 15.9. The van der Waals surface area contributed by atoms with E-state index >= 15 is 0 Å². The number of ether oxygens (including phenoxy) is 1. The first-order chi connectivity index (χ1) is 12.1. The second-order valence-electron chi connectivity index (χ2n) is 6.42. The van der Waals surface area contributed by atoms with E-state index in [4.69, 9.17) is 0 Å². The molecular weight excluding hydrogens is 334 g/mol. The van der Waals surface area contributed by atoms with Crippen LogP contribution < -0.4 is 0 Å². The summed E-state index contributed by atoms with van der Waals surface area (Å²) in [4.78, 5) is 27.1. The van der Waals surface area contributed by atoms with Crippen molar-refractivity contribution in [1.29, 1.82) is 0 Å². The first-order valence-electron chi connectivity index (χ1n) is 8.83. The monoisotopic (exact) mass is 361 g/mol. The Balaban J connectivity index is 2.04. The Kier molecular flexibility index (Phi) is 8.06. The number of carbonyl (C=O) groups excluding carboxylic acids is 2. The average Bonchev–Trinajstić information content (AvgIpc) is 2.65. The number of nitrogens with zero attached hydrogens (tertiary/aromatic N) is 1. The SMILES string of the molecule is COC(=O)CC(=O)N(/C=C(\C)CSc1ccccc1)C1CCCCC1. The van der Waals surface area contributed by atoms with E-state index in [1.165, 1.54) is 18.4 Å². The molecule has 1 aromatic rings. The molecule has 25 heavy (non-hydrogen) atoms. The fraction of sp³-hybridized carbons (Fsp3) is 0.500. The lowest BCUT2D eigenvalue weighted by Gasteiger charge is -2.32. The third kappa shape index (κ3) is 6.58. The van der Waals surface area contributed by atoms with Crippen molar-refractivity contribution in [2.24, 2.45) is 0 Å². The van der Waals surface area contributed by atoms with E-state index in [0.717, 1.165) is 37.0 Å². The third-order valence-electron chi connectivity index (χ3n) is 4.35. The van der Waals surface area contributed by atoms with Gasteiger partial charge < -0.3 is 9.64 Å². The van der Waals surface area contributed by atoms with Gasteiger partial charge >= 0.3 is 5.97 Å². The molecule has 0 atom stereocenters. The number of hydrogen-bond donors (Lipinski definition) is 0. The van der Waals surface area contributed by atoms with Gasteiger partial charge in [0.05, 0.1) is 7.11 Å². The number of thioether (sulfide) groups is 1. The lowest BCUT2D eigenvalue weighted by molar-refractivity contribution is -0.146. The van der Waals surface area contributed by atoms with Gasteiger partial charge in [0, 0.05) is 22.9 Å². The van der Waals surface area contributed by atoms with Gasteiger partial charge in [0.2, 0.25) is 5.91 Å². The van der Waals surface area contributed by atoms with E-state index in [0.29, 0.717) is 0 Å². The molecule has 0 saturated heterocycles. The standard InChI is InChI=1S/C20H27NO3S/c1-16(15-25-18-11-7-4-8-12-18)14-21(17-9-5-3-6-10-17)19(22)13-20(23)24-2/h4,7-8,11-12,14,17H,3,5-6,9-10,13,15H2,1-2H3/b16-14+. The summed E-state index contributed by atoms with van der Waals surface area (Å²) in [6, 6.07) is 10.4. The van der Waals surface area contributed by atoms with Crippen LogP contribution in [0.4, 0.5) is 0 Å². The van der Waals surface area contributed by atoms with Crippen molar-refractivity contribution in [1.82, 2.24) is 4.90 Å². The van der Waals surface area contributed by atoms with Gasteiger partial charge in [-0.2, -0.15) is 0 Å². The fourth-order valence-electron chi connectivity index (χ4n) is 3.02. The highest BCUT2D eigenvalue weighted by atomic mass is 32.2. The van der Waals surface area contributed by atoms with E-state index in [2.05, 4.69) is 16.9 Å². The normalized spacial score (nSPS) is 15.7. The number of rotatable bonds is 7. The minimum Gasteiger partial charge on any atom is -0.469 e. The molecule has 4 nitrogen and oxygen atoms in total. The summed E-state index contributed by atoms with van der Waals surface area (Å²) in [5.41, 5.74) is 1.12. The maximum absolute atomic E-state index is 12.6. The maximum atomic E-state index is 12.6. The van der Waals surface area contributed by atoms with Crippen molar-refractivity contribution < 1.29 is 14.3 Å². The topological polar surface area (TPSA) is 46.6 Å². The van der Waals surface area contributed by atoms with Crippen LogP contribution in [0.1, 0.15) is 45.4 Å². The van der Waals surface area contributed by atoms with Crippen LogP contribution in [0.15, 0.2) is 47.0 Å². The molecular formula is C20H27NO3S. The Hall–Kier alpha value is -1.75. The molecule has 1 amide bonds. The van der Waals surface area contributed by atoms with Gasteiger partial charge in [-0.25, -0.2) is 0 Å². The molecule has 0 radical (unpaired) electrons. The molecule has 1 fully saturated rings. The molecule has 1 aromatic carbocycles. The largest absolute Gasteiger partial charge is 0.469 e. The van der Waals surface area contributed by atoms with Gasteiger partial charge in [-0.1, -0.05) is 37.5 Å². The van der Waals surface area contributed by atoms with Gasteiger partial charge in [0.1, 0.15) is 6.42 Å². The molecule has 0 bridgehead atoms. The quantitative estimate of drug-likeness (QED) is 0.410. The highest BCUT2D eigenvalue weighted by Gasteiger charge is 2.25. The summed E-state index contributed by atoms with van der Waals surface area (Å²) in [6.07, 6.45) is 7.25. The molecule has 1 aliphatic carbocycles. The Morgan fingerprint density at radius 1 is 1.20 bits per heavy atom. The van der Waals surface area contributed by atoms with Crippen LogP contribution in [-0.2, 0) is 14.3 Å². The molecule has 1 aliphatic rings. The van der Waals surface area contributed by atoms with Crippen molar-refractivity contribution in [2.45, 2.75) is 56.4 Å². The Morgan fingerprint density at radius 2 is 1.88 bits per heavy atom. The molecule has 0 aromatic heterocycles. The van der Waals surface area contributed by atoms with Crippen molar-refractivity contribution in [3.8, 4) is 0 Å². The molecule has 0 heterocycles. The number of benzene rings is 1. The van der Waals surface area contributed by atoms with Crippen LogP contribution in [0.3, 0.4) is 0 Å². The van der Waals surface area contributed by atoms with E-state index in [1.54, 1.807) is 16.7 Å². The van der Waals surface area contributed by atoms with Crippen LogP contribution in [-0.4, -0.2) is 35.7 Å². The highest BCUT2D eigenvalue weighted by molar-refractivity contribution is 7.99. The molecule has 5 heteroatoms. The van der Waals surface area contributed by atoms with Crippen molar-refractivity contribution >= 4 is 23.6 Å². The van der Waals surface area contributed by atoms with Crippen LogP contribution in [0.25, 0.3) is 0 Å². The Bertz CT molecular complexity index is 594. The predicted octanol–water partition coefficient (Wildman–Crippen LogP) is 4.41. The maximum Gasteiger partial charge on any atom is 0.315 e. The highest BCUT2D eigenvalue weighted by Crippen LogP contribution is 2.25. The summed E-state index contributed by atoms with van der Waals surface area (Å²) >= 11 is 1.75. The van der Waals surface area contributed by atoms with E-state index < -0.39 is 5.97 Å². The van der Waals surface area contributed by atoms with Crippen molar-refractivity contribution in [3.63, 3.8) is 0 Å². The molecule has 0 spiro atoms. The van der Waals surface area contributed by atoms with Crippen LogP contribution in [0.5, 0.6) is 0 Å². The van der Waals surface area contributed by atoms with E-state index in [-0.39, 0.29) is 18.4 Å². The van der Waals surface area contributed by atoms with Gasteiger partial charge in [-0.3, -0.25) is 9.59 Å². The number of carbonyl (C=O) groups is 2. The van der Waals surface area contributed by atoms with Crippen LogP contribution in [0, 0.1) is 0 Å². The summed E-state index contributed by atoms with van der Waals surface area (Å²) in [6.45, 7) is 2.04. The third-order valence-corrected chi connectivity index (χ3v) is 5.55. The van der Waals surface area contributed by atoms with Crippen molar-refractivity contribution in [2.75, 3.05) is 12.9 Å². The first kappa shape index (κ1) is 19.6. The summed E-state index contributed by atoms with van der Waals surface area (Å²) in [5, 5.41) is 0. The van der Waals surface area contributed by atoms with Gasteiger partial charge in [-0.05, 0) is 37.5 Å². The van der Waals surface area contributed by atoms with Gasteiger partial charge in [0.15, 0.2) is 0 Å². The van der Waals surface area contributed by atoms with E-state index in [1.807, 2.05) is 31.3 Å². The number of methoxy groups -OCH3 is 1. The second-order valence-corrected chi connectivity index (χ2v) is 7.47. The Labute approximate surface area is 154 Å². The minimum atomic E-state index is -0.476. The number of hydrogen-bond acceptors (Lipinski definition) is 4. The Morgan fingerprint density at radius 3 is 2.52 bits per heavy atom. The van der Waals surface area contributed by atoms with Crippen molar-refractivity contribution in [3.05, 3.63) is 42.1 Å². The number of amides is 1. The fourth-order valence-corrected chi connectivity index (χ4v) is 3.83. The lowest BCUT2D eigenvalue weighted by atomic mass is 9.94. The second kappa shape index (κ2) is 10.3. The molecule has 0 unspecified atom stereocenters. The smallest absolute Gasteiger partial charge is 0.315 e. The average molecular weight is 362 g/mol. The molecule has 0 N–H and O–H groups in total. The van der Waals surface area contributed by atoms with Gasteiger partial charge in [-0.15, -0.1) is 11.8 Å². The zero-order chi connectivity index (χ0) is 18.1. The minimum absolute atomic E-state index is 0.164.